The van der Waals surface area contributed by atoms with Gasteiger partial charge in [-0.15, -0.1) is 0 Å². The van der Waals surface area contributed by atoms with Crippen LogP contribution in [0.4, 0.5) is 0 Å². The van der Waals surface area contributed by atoms with Crippen LogP contribution in [0.25, 0.3) is 5.82 Å². The average Bonchev–Trinajstić information content (AvgIpc) is 3.19. The number of likely N-dealkylation sites (N-methyl/N-ethyl adjacent to an activating group) is 1. The van der Waals surface area contributed by atoms with Gasteiger partial charge in [-0.2, -0.15) is 5.26 Å². The highest BCUT2D eigenvalue weighted by Crippen LogP contribution is 2.12. The summed E-state index contributed by atoms with van der Waals surface area (Å²) in [6.45, 7) is 6.31. The van der Waals surface area contributed by atoms with E-state index in [2.05, 4.69) is 28.0 Å². The van der Waals surface area contributed by atoms with E-state index in [4.69, 9.17) is 5.26 Å². The summed E-state index contributed by atoms with van der Waals surface area (Å²) in [7, 11) is 0. The van der Waals surface area contributed by atoms with Crippen molar-refractivity contribution in [1.29, 1.82) is 5.26 Å². The first-order valence-corrected chi connectivity index (χ1v) is 10.4. The van der Waals surface area contributed by atoms with Crippen molar-refractivity contribution in [3.8, 4) is 11.9 Å². The van der Waals surface area contributed by atoms with Crippen LogP contribution in [0.5, 0.6) is 0 Å². The van der Waals surface area contributed by atoms with Crippen LogP contribution in [-0.2, 0) is 6.42 Å². The Morgan fingerprint density at radius 2 is 1.87 bits per heavy atom. The van der Waals surface area contributed by atoms with Gasteiger partial charge in [0, 0.05) is 50.6 Å². The van der Waals surface area contributed by atoms with Crippen LogP contribution in [0, 0.1) is 11.3 Å². The number of aromatic nitrogens is 3. The number of piperazine rings is 1. The minimum atomic E-state index is -0.217. The topological polar surface area (TPSA) is 98.0 Å². The normalized spacial score (nSPS) is 14.4. The molecular formula is C23H24N6O2. The zero-order valence-corrected chi connectivity index (χ0v) is 17.4. The van der Waals surface area contributed by atoms with E-state index in [9.17, 15) is 9.59 Å². The molecule has 1 aliphatic heterocycles. The summed E-state index contributed by atoms with van der Waals surface area (Å²) in [4.78, 5) is 33.7. The van der Waals surface area contributed by atoms with Gasteiger partial charge in [0.2, 0.25) is 0 Å². The molecule has 8 nitrogen and oxygen atoms in total. The molecule has 2 aromatic heterocycles. The molecule has 1 saturated heterocycles. The number of rotatable bonds is 5. The second-order valence-electron chi connectivity index (χ2n) is 7.57. The van der Waals surface area contributed by atoms with Gasteiger partial charge in [0.25, 0.3) is 11.5 Å². The standard InChI is InChI=1S/C23H24N6O2/c1-2-27-9-11-28(12-10-27)23(31)19-7-8-21(25-16-19)29-22(30)14-20(26-29)13-17-3-5-18(15-24)6-4-17/h3-8,14,16,26H,2,9-13H2,1H3. The molecule has 1 aromatic carbocycles. The van der Waals surface area contributed by atoms with Gasteiger partial charge in [0.1, 0.15) is 0 Å². The molecule has 1 N–H and O–H groups in total. The zero-order chi connectivity index (χ0) is 21.8. The molecule has 0 bridgehead atoms. The Kier molecular flexibility index (Phi) is 5.96. The summed E-state index contributed by atoms with van der Waals surface area (Å²) in [6.07, 6.45) is 2.06. The van der Waals surface area contributed by atoms with E-state index in [-0.39, 0.29) is 11.5 Å². The number of pyridine rings is 1. The Bertz CT molecular complexity index is 1150. The fourth-order valence-corrected chi connectivity index (χ4v) is 3.72. The number of carbonyl (C=O) groups excluding carboxylic acids is 1. The van der Waals surface area contributed by atoms with E-state index in [0.717, 1.165) is 30.9 Å². The Hall–Kier alpha value is -3.70. The van der Waals surface area contributed by atoms with E-state index >= 15 is 0 Å². The van der Waals surface area contributed by atoms with Gasteiger partial charge < -0.3 is 9.80 Å². The number of aromatic amines is 1. The second kappa shape index (κ2) is 8.98. The Morgan fingerprint density at radius 1 is 1.13 bits per heavy atom. The lowest BCUT2D eigenvalue weighted by Crippen LogP contribution is -2.48. The van der Waals surface area contributed by atoms with Gasteiger partial charge in [0.05, 0.1) is 17.2 Å². The first-order chi connectivity index (χ1) is 15.1. The number of H-pyrrole nitrogens is 1. The van der Waals surface area contributed by atoms with Crippen LogP contribution in [0.1, 0.15) is 34.1 Å². The maximum Gasteiger partial charge on any atom is 0.272 e. The predicted molar refractivity (Wildman–Crippen MR) is 116 cm³/mol. The zero-order valence-electron chi connectivity index (χ0n) is 17.4. The summed E-state index contributed by atoms with van der Waals surface area (Å²) in [5.41, 5.74) is 2.63. The lowest BCUT2D eigenvalue weighted by molar-refractivity contribution is 0.0643. The van der Waals surface area contributed by atoms with E-state index in [1.807, 2.05) is 17.0 Å². The third-order valence-corrected chi connectivity index (χ3v) is 5.58. The fraction of sp³-hybridized carbons (Fsp3) is 0.304. The van der Waals surface area contributed by atoms with Crippen LogP contribution in [-0.4, -0.2) is 63.2 Å². The van der Waals surface area contributed by atoms with E-state index in [1.54, 1.807) is 24.3 Å². The van der Waals surface area contributed by atoms with Crippen molar-refractivity contribution in [2.45, 2.75) is 13.3 Å². The molecule has 0 atom stereocenters. The summed E-state index contributed by atoms with van der Waals surface area (Å²) >= 11 is 0. The maximum atomic E-state index is 12.7. The molecule has 158 valence electrons. The quantitative estimate of drug-likeness (QED) is 0.684. The lowest BCUT2D eigenvalue weighted by Gasteiger charge is -2.34. The highest BCUT2D eigenvalue weighted by molar-refractivity contribution is 5.94. The van der Waals surface area contributed by atoms with Gasteiger partial charge in [0.15, 0.2) is 5.82 Å². The van der Waals surface area contributed by atoms with Crippen LogP contribution in [0.2, 0.25) is 0 Å². The molecule has 0 saturated carbocycles. The summed E-state index contributed by atoms with van der Waals surface area (Å²) < 4.78 is 1.37. The van der Waals surface area contributed by atoms with Crippen LogP contribution < -0.4 is 5.56 Å². The Balaban J connectivity index is 1.46. The van der Waals surface area contributed by atoms with Crippen molar-refractivity contribution >= 4 is 5.91 Å². The fourth-order valence-electron chi connectivity index (χ4n) is 3.72. The van der Waals surface area contributed by atoms with Crippen LogP contribution in [0.3, 0.4) is 0 Å². The van der Waals surface area contributed by atoms with Crippen molar-refractivity contribution in [1.82, 2.24) is 24.6 Å². The predicted octanol–water partition coefficient (Wildman–Crippen LogP) is 1.80. The Morgan fingerprint density at radius 3 is 2.48 bits per heavy atom. The molecule has 4 rings (SSSR count). The number of nitrogens with zero attached hydrogens (tertiary/aromatic N) is 5. The first-order valence-electron chi connectivity index (χ1n) is 10.4. The number of carbonyl (C=O) groups is 1. The molecular weight excluding hydrogens is 392 g/mol. The van der Waals surface area contributed by atoms with Crippen molar-refractivity contribution in [2.75, 3.05) is 32.7 Å². The van der Waals surface area contributed by atoms with Gasteiger partial charge in [-0.3, -0.25) is 14.7 Å². The highest BCUT2D eigenvalue weighted by atomic mass is 16.2. The van der Waals surface area contributed by atoms with Crippen molar-refractivity contribution in [2.24, 2.45) is 0 Å². The molecule has 1 aliphatic rings. The van der Waals surface area contributed by atoms with Gasteiger partial charge in [-0.1, -0.05) is 19.1 Å². The third kappa shape index (κ3) is 4.57. The van der Waals surface area contributed by atoms with Crippen LogP contribution >= 0.6 is 0 Å². The molecule has 1 amide bonds. The van der Waals surface area contributed by atoms with Crippen molar-refractivity contribution < 1.29 is 4.79 Å². The molecule has 0 radical (unpaired) electrons. The number of benzene rings is 1. The van der Waals surface area contributed by atoms with E-state index < -0.39 is 0 Å². The third-order valence-electron chi connectivity index (χ3n) is 5.58. The maximum absolute atomic E-state index is 12.7. The lowest BCUT2D eigenvalue weighted by atomic mass is 10.1. The summed E-state index contributed by atoms with van der Waals surface area (Å²) in [5, 5.41) is 12.0. The highest BCUT2D eigenvalue weighted by Gasteiger charge is 2.21. The van der Waals surface area contributed by atoms with Crippen LogP contribution in [0.15, 0.2) is 53.5 Å². The molecule has 0 unspecified atom stereocenters. The average molecular weight is 416 g/mol. The number of hydrogen-bond acceptors (Lipinski definition) is 5. The van der Waals surface area contributed by atoms with Crippen molar-refractivity contribution in [3.05, 3.63) is 81.4 Å². The number of amides is 1. The SMILES string of the molecule is CCN1CCN(C(=O)c2ccc(-n3[nH]c(Cc4ccc(C#N)cc4)cc3=O)nc2)CC1. The number of nitrogens with one attached hydrogen (secondary N) is 1. The molecule has 3 aromatic rings. The molecule has 3 heterocycles. The largest absolute Gasteiger partial charge is 0.336 e. The number of nitriles is 1. The minimum absolute atomic E-state index is 0.0323. The molecule has 0 aliphatic carbocycles. The smallest absolute Gasteiger partial charge is 0.272 e. The minimum Gasteiger partial charge on any atom is -0.336 e. The molecule has 0 spiro atoms. The van der Waals surface area contributed by atoms with E-state index in [1.165, 1.54) is 16.9 Å². The molecule has 8 heteroatoms. The van der Waals surface area contributed by atoms with Gasteiger partial charge in [-0.25, -0.2) is 9.67 Å². The second-order valence-corrected chi connectivity index (χ2v) is 7.57. The van der Waals surface area contributed by atoms with Crippen molar-refractivity contribution in [3.63, 3.8) is 0 Å². The Labute approximate surface area is 180 Å². The molecule has 1 fully saturated rings. The van der Waals surface area contributed by atoms with E-state index in [0.29, 0.717) is 36.5 Å². The first kappa shape index (κ1) is 20.6. The summed E-state index contributed by atoms with van der Waals surface area (Å²) in [5.74, 6) is 0.401. The summed E-state index contributed by atoms with van der Waals surface area (Å²) in [6, 6.07) is 14.3. The number of hydrogen-bond donors (Lipinski definition) is 1. The van der Waals surface area contributed by atoms with Gasteiger partial charge >= 0.3 is 0 Å². The molecule has 31 heavy (non-hydrogen) atoms. The monoisotopic (exact) mass is 416 g/mol. The van der Waals surface area contributed by atoms with Gasteiger partial charge in [-0.05, 0) is 36.4 Å².